The SMILES string of the molecule is O=C(c1ccccc1)c1c[nH]c2ncnc(Nc3cccc(Cl)c3)c12. The van der Waals surface area contributed by atoms with E-state index in [2.05, 4.69) is 20.3 Å². The molecule has 5 nitrogen and oxygen atoms in total. The minimum atomic E-state index is -0.0872. The highest BCUT2D eigenvalue weighted by molar-refractivity contribution is 6.30. The van der Waals surface area contributed by atoms with Crippen molar-refractivity contribution in [2.24, 2.45) is 0 Å². The molecule has 2 aromatic carbocycles. The Hall–Kier alpha value is -3.18. The lowest BCUT2D eigenvalue weighted by atomic mass is 10.0. The lowest BCUT2D eigenvalue weighted by molar-refractivity contribution is 0.104. The molecule has 0 radical (unpaired) electrons. The molecule has 0 saturated carbocycles. The van der Waals surface area contributed by atoms with Crippen molar-refractivity contribution in [3.63, 3.8) is 0 Å². The van der Waals surface area contributed by atoms with Crippen LogP contribution in [0.4, 0.5) is 11.5 Å². The van der Waals surface area contributed by atoms with E-state index < -0.39 is 0 Å². The molecule has 2 heterocycles. The summed E-state index contributed by atoms with van der Waals surface area (Å²) in [6.07, 6.45) is 3.11. The highest BCUT2D eigenvalue weighted by atomic mass is 35.5. The van der Waals surface area contributed by atoms with Crippen molar-refractivity contribution in [1.82, 2.24) is 15.0 Å². The maximum Gasteiger partial charge on any atom is 0.195 e. The summed E-state index contributed by atoms with van der Waals surface area (Å²) in [6, 6.07) is 16.4. The number of hydrogen-bond donors (Lipinski definition) is 2. The van der Waals surface area contributed by atoms with Gasteiger partial charge in [0, 0.05) is 22.5 Å². The smallest absolute Gasteiger partial charge is 0.195 e. The Bertz CT molecular complexity index is 1060. The average Bonchev–Trinajstić information content (AvgIpc) is 3.07. The average molecular weight is 349 g/mol. The van der Waals surface area contributed by atoms with Crippen molar-refractivity contribution in [1.29, 1.82) is 0 Å². The predicted octanol–water partition coefficient (Wildman–Crippen LogP) is 4.59. The fraction of sp³-hybridized carbons (Fsp3) is 0. The Morgan fingerprint density at radius 2 is 1.88 bits per heavy atom. The lowest BCUT2D eigenvalue weighted by Gasteiger charge is -2.08. The maximum atomic E-state index is 12.9. The van der Waals surface area contributed by atoms with Crippen molar-refractivity contribution in [3.05, 3.63) is 83.3 Å². The molecule has 4 rings (SSSR count). The van der Waals surface area contributed by atoms with Crippen molar-refractivity contribution in [3.8, 4) is 0 Å². The first-order valence-corrected chi connectivity index (χ1v) is 8.04. The standard InChI is InChI=1S/C19H13ClN4O/c20-13-7-4-8-14(9-13)24-19-16-15(10-21-18(16)22-11-23-19)17(25)12-5-2-1-3-6-12/h1-11H,(H2,21,22,23,24). The zero-order valence-corrected chi connectivity index (χ0v) is 13.8. The summed E-state index contributed by atoms with van der Waals surface area (Å²) < 4.78 is 0. The number of aromatic amines is 1. The first-order chi connectivity index (χ1) is 12.2. The quantitative estimate of drug-likeness (QED) is 0.529. The van der Waals surface area contributed by atoms with Gasteiger partial charge in [0.15, 0.2) is 5.78 Å². The van der Waals surface area contributed by atoms with Gasteiger partial charge in [-0.15, -0.1) is 0 Å². The van der Waals surface area contributed by atoms with Gasteiger partial charge in [0.05, 0.1) is 10.9 Å². The van der Waals surface area contributed by atoms with Crippen LogP contribution in [-0.4, -0.2) is 20.7 Å². The van der Waals surface area contributed by atoms with E-state index in [1.54, 1.807) is 30.5 Å². The van der Waals surface area contributed by atoms with Crippen molar-refractivity contribution in [2.45, 2.75) is 0 Å². The maximum absolute atomic E-state index is 12.9. The normalized spacial score (nSPS) is 10.8. The molecule has 0 aliphatic heterocycles. The monoisotopic (exact) mass is 348 g/mol. The molecule has 2 aromatic heterocycles. The lowest BCUT2D eigenvalue weighted by Crippen LogP contribution is -2.02. The number of rotatable bonds is 4. The molecule has 122 valence electrons. The molecule has 0 aliphatic carbocycles. The Kier molecular flexibility index (Phi) is 3.91. The van der Waals surface area contributed by atoms with E-state index in [9.17, 15) is 4.79 Å². The van der Waals surface area contributed by atoms with Crippen LogP contribution in [0, 0.1) is 0 Å². The number of hydrogen-bond acceptors (Lipinski definition) is 4. The zero-order valence-electron chi connectivity index (χ0n) is 13.0. The van der Waals surface area contributed by atoms with Crippen molar-refractivity contribution in [2.75, 3.05) is 5.32 Å². The molecule has 25 heavy (non-hydrogen) atoms. The van der Waals surface area contributed by atoms with Crippen LogP contribution in [0.25, 0.3) is 11.0 Å². The Morgan fingerprint density at radius 3 is 2.68 bits per heavy atom. The van der Waals surface area contributed by atoms with Gasteiger partial charge in [-0.25, -0.2) is 9.97 Å². The second-order valence-corrected chi connectivity index (χ2v) is 5.92. The van der Waals surface area contributed by atoms with Crippen LogP contribution in [0.3, 0.4) is 0 Å². The fourth-order valence-corrected chi connectivity index (χ4v) is 2.87. The highest BCUT2D eigenvalue weighted by Crippen LogP contribution is 2.28. The summed E-state index contributed by atoms with van der Waals surface area (Å²) in [5, 5.41) is 4.48. The first kappa shape index (κ1) is 15.4. The summed E-state index contributed by atoms with van der Waals surface area (Å²) in [5.41, 5.74) is 2.51. The Balaban J connectivity index is 1.81. The van der Waals surface area contributed by atoms with Gasteiger partial charge in [-0.2, -0.15) is 0 Å². The Morgan fingerprint density at radius 1 is 1.04 bits per heavy atom. The number of carbonyl (C=O) groups excluding carboxylic acids is 1. The van der Waals surface area contributed by atoms with Gasteiger partial charge in [-0.3, -0.25) is 4.79 Å². The van der Waals surface area contributed by atoms with Crippen LogP contribution in [-0.2, 0) is 0 Å². The Labute approximate surface area is 148 Å². The van der Waals surface area contributed by atoms with Crippen molar-refractivity contribution >= 4 is 39.9 Å². The van der Waals surface area contributed by atoms with Crippen LogP contribution >= 0.6 is 11.6 Å². The van der Waals surface area contributed by atoms with E-state index in [0.717, 1.165) is 5.69 Å². The molecule has 0 aliphatic rings. The van der Waals surface area contributed by atoms with Gasteiger partial charge in [0.1, 0.15) is 17.8 Å². The van der Waals surface area contributed by atoms with E-state index in [0.29, 0.717) is 33.0 Å². The largest absolute Gasteiger partial charge is 0.345 e. The van der Waals surface area contributed by atoms with Gasteiger partial charge in [-0.05, 0) is 18.2 Å². The molecule has 0 unspecified atom stereocenters. The van der Waals surface area contributed by atoms with Gasteiger partial charge in [0.25, 0.3) is 0 Å². The number of benzene rings is 2. The predicted molar refractivity (Wildman–Crippen MR) is 98.5 cm³/mol. The van der Waals surface area contributed by atoms with Gasteiger partial charge in [0.2, 0.25) is 0 Å². The van der Waals surface area contributed by atoms with Crippen LogP contribution in [0.2, 0.25) is 5.02 Å². The minimum Gasteiger partial charge on any atom is -0.345 e. The third kappa shape index (κ3) is 2.97. The second-order valence-electron chi connectivity index (χ2n) is 5.48. The molecular weight excluding hydrogens is 336 g/mol. The molecule has 0 atom stereocenters. The molecule has 6 heteroatoms. The summed E-state index contributed by atoms with van der Waals surface area (Å²) in [4.78, 5) is 24.4. The second kappa shape index (κ2) is 6.37. The number of H-pyrrole nitrogens is 1. The number of anilines is 2. The molecule has 0 bridgehead atoms. The van der Waals surface area contributed by atoms with Gasteiger partial charge in [-0.1, -0.05) is 48.0 Å². The number of ketones is 1. The first-order valence-electron chi connectivity index (χ1n) is 7.67. The summed E-state index contributed by atoms with van der Waals surface area (Å²) in [5.74, 6) is 0.462. The number of nitrogens with zero attached hydrogens (tertiary/aromatic N) is 2. The topological polar surface area (TPSA) is 70.7 Å². The van der Waals surface area contributed by atoms with Gasteiger partial charge < -0.3 is 10.3 Å². The number of nitrogens with one attached hydrogen (secondary N) is 2. The third-order valence-corrected chi connectivity index (χ3v) is 4.07. The summed E-state index contributed by atoms with van der Waals surface area (Å²) in [7, 11) is 0. The molecule has 0 amide bonds. The number of carbonyl (C=O) groups is 1. The zero-order chi connectivity index (χ0) is 17.2. The van der Waals surface area contributed by atoms with E-state index in [4.69, 9.17) is 11.6 Å². The van der Waals surface area contributed by atoms with Crippen LogP contribution in [0.1, 0.15) is 15.9 Å². The molecule has 0 fully saturated rings. The van der Waals surface area contributed by atoms with E-state index in [1.165, 1.54) is 6.33 Å². The molecular formula is C19H13ClN4O. The summed E-state index contributed by atoms with van der Waals surface area (Å²) >= 11 is 6.04. The summed E-state index contributed by atoms with van der Waals surface area (Å²) in [6.45, 7) is 0. The minimum absolute atomic E-state index is 0.0872. The fourth-order valence-electron chi connectivity index (χ4n) is 2.68. The van der Waals surface area contributed by atoms with Crippen LogP contribution in [0.15, 0.2) is 67.1 Å². The highest BCUT2D eigenvalue weighted by Gasteiger charge is 2.18. The van der Waals surface area contributed by atoms with E-state index in [-0.39, 0.29) is 5.78 Å². The van der Waals surface area contributed by atoms with E-state index in [1.807, 2.05) is 30.3 Å². The van der Waals surface area contributed by atoms with Gasteiger partial charge >= 0.3 is 0 Å². The van der Waals surface area contributed by atoms with Crippen LogP contribution < -0.4 is 5.32 Å². The molecule has 2 N–H and O–H groups in total. The number of fused-ring (bicyclic) bond motifs is 1. The molecule has 0 saturated heterocycles. The molecule has 0 spiro atoms. The third-order valence-electron chi connectivity index (χ3n) is 3.84. The molecule has 4 aromatic rings. The van der Waals surface area contributed by atoms with Crippen molar-refractivity contribution < 1.29 is 4.79 Å². The van der Waals surface area contributed by atoms with Crippen LogP contribution in [0.5, 0.6) is 0 Å². The number of aromatic nitrogens is 3. The number of halogens is 1. The van der Waals surface area contributed by atoms with E-state index >= 15 is 0 Å².